The number of carbonyl (C=O) groups excluding carboxylic acids is 2. The lowest BCUT2D eigenvalue weighted by atomic mass is 9.96. The van der Waals surface area contributed by atoms with Crippen molar-refractivity contribution in [3.63, 3.8) is 0 Å². The van der Waals surface area contributed by atoms with E-state index >= 15 is 0 Å². The van der Waals surface area contributed by atoms with E-state index in [0.717, 1.165) is 12.1 Å². The van der Waals surface area contributed by atoms with Crippen LogP contribution in [0.4, 0.5) is 5.69 Å². The molecule has 0 aliphatic carbocycles. The van der Waals surface area contributed by atoms with Gasteiger partial charge in [-0.15, -0.1) is 0 Å². The Balaban J connectivity index is 2.50. The lowest BCUT2D eigenvalue weighted by molar-refractivity contribution is 0.0946. The van der Waals surface area contributed by atoms with E-state index in [4.69, 9.17) is 5.73 Å². The maximum atomic E-state index is 12.4. The molecule has 0 fully saturated rings. The fourth-order valence-corrected chi connectivity index (χ4v) is 2.67. The molecule has 2 aromatic carbocycles. The number of hydrogen-bond acceptors (Lipinski definition) is 5. The van der Waals surface area contributed by atoms with Crippen molar-refractivity contribution in [2.75, 3.05) is 5.73 Å². The number of anilines is 1. The quantitative estimate of drug-likeness (QED) is 0.258. The summed E-state index contributed by atoms with van der Waals surface area (Å²) in [6.07, 6.45) is 1.27. The van der Waals surface area contributed by atoms with Crippen molar-refractivity contribution >= 4 is 34.4 Å². The maximum Gasteiger partial charge on any atom is 0.275 e. The Labute approximate surface area is 140 Å². The zero-order valence-corrected chi connectivity index (χ0v) is 14.0. The monoisotopic (exact) mass is 327 g/mol. The van der Waals surface area contributed by atoms with E-state index in [-0.39, 0.29) is 16.8 Å². The molecular weight excluding hydrogens is 306 g/mol. The van der Waals surface area contributed by atoms with Crippen LogP contribution in [0.5, 0.6) is 5.75 Å². The summed E-state index contributed by atoms with van der Waals surface area (Å²) >= 11 is 0. The van der Waals surface area contributed by atoms with Gasteiger partial charge in [0.15, 0.2) is 12.0 Å². The second-order valence-corrected chi connectivity index (χ2v) is 6.10. The van der Waals surface area contributed by atoms with E-state index in [0.29, 0.717) is 23.0 Å². The number of nitrogens with one attached hydrogen (secondary N) is 1. The molecule has 0 saturated carbocycles. The molecule has 0 atom stereocenters. The first-order valence-corrected chi connectivity index (χ1v) is 7.68. The van der Waals surface area contributed by atoms with E-state index in [9.17, 15) is 14.7 Å². The minimum Gasteiger partial charge on any atom is -0.505 e. The third kappa shape index (κ3) is 3.37. The van der Waals surface area contributed by atoms with Crippen LogP contribution in [0.25, 0.3) is 10.8 Å². The number of hydrogen-bond donors (Lipinski definition) is 3. The molecule has 0 heterocycles. The zero-order valence-electron chi connectivity index (χ0n) is 14.0. The number of benzene rings is 2. The summed E-state index contributed by atoms with van der Waals surface area (Å²) in [5.41, 5.74) is 9.04. The minimum absolute atomic E-state index is 0.0595. The first kappa shape index (κ1) is 17.5. The average Bonchev–Trinajstić information content (AvgIpc) is 2.55. The van der Waals surface area contributed by atoms with Gasteiger partial charge in [-0.1, -0.05) is 38.1 Å². The van der Waals surface area contributed by atoms with Crippen LogP contribution < -0.4 is 11.2 Å². The molecular formula is C18H21N3O3. The summed E-state index contributed by atoms with van der Waals surface area (Å²) in [6, 6.07) is 6.84. The molecule has 6 heteroatoms. The smallest absolute Gasteiger partial charge is 0.275 e. The highest BCUT2D eigenvalue weighted by Gasteiger charge is 2.22. The second kappa shape index (κ2) is 7.12. The third-order valence-corrected chi connectivity index (χ3v) is 3.67. The van der Waals surface area contributed by atoms with E-state index < -0.39 is 11.7 Å². The van der Waals surface area contributed by atoms with Crippen LogP contribution in [0.1, 0.15) is 47.9 Å². The Morgan fingerprint density at radius 1 is 1.33 bits per heavy atom. The first-order chi connectivity index (χ1) is 11.4. The van der Waals surface area contributed by atoms with Crippen molar-refractivity contribution in [3.05, 3.63) is 35.4 Å². The van der Waals surface area contributed by atoms with Gasteiger partial charge in [0.25, 0.3) is 5.91 Å². The van der Waals surface area contributed by atoms with Gasteiger partial charge in [0.05, 0.1) is 11.3 Å². The van der Waals surface area contributed by atoms with Crippen molar-refractivity contribution in [2.24, 2.45) is 11.0 Å². The van der Waals surface area contributed by atoms with Crippen molar-refractivity contribution in [2.45, 2.75) is 27.2 Å². The lowest BCUT2D eigenvalue weighted by Gasteiger charge is -2.13. The van der Waals surface area contributed by atoms with Gasteiger partial charge in [0.2, 0.25) is 0 Å². The number of aldehydes is 1. The largest absolute Gasteiger partial charge is 0.505 e. The van der Waals surface area contributed by atoms with E-state index in [1.807, 2.05) is 13.8 Å². The van der Waals surface area contributed by atoms with Crippen LogP contribution in [0, 0.1) is 5.92 Å². The number of nitrogen functional groups attached to an aromatic ring is 1. The van der Waals surface area contributed by atoms with Gasteiger partial charge in [-0.2, -0.15) is 5.10 Å². The van der Waals surface area contributed by atoms with Gasteiger partial charge in [-0.3, -0.25) is 9.59 Å². The highest BCUT2D eigenvalue weighted by atomic mass is 16.3. The Morgan fingerprint density at radius 2 is 1.96 bits per heavy atom. The average molecular weight is 327 g/mol. The normalized spacial score (nSPS) is 11.8. The SMILES string of the molecule is CC(CC(C)C)=NNC(=O)c1c(O)c(N)c2ccccc2c1C=O. The fourth-order valence-electron chi connectivity index (χ4n) is 2.67. The van der Waals surface area contributed by atoms with E-state index in [1.54, 1.807) is 31.2 Å². The Morgan fingerprint density at radius 3 is 2.54 bits per heavy atom. The van der Waals surface area contributed by atoms with Crippen molar-refractivity contribution in [1.29, 1.82) is 0 Å². The lowest BCUT2D eigenvalue weighted by Crippen LogP contribution is -2.21. The first-order valence-electron chi connectivity index (χ1n) is 7.68. The van der Waals surface area contributed by atoms with Crippen LogP contribution >= 0.6 is 0 Å². The number of phenolic OH excluding ortho intramolecular Hbond substituents is 1. The van der Waals surface area contributed by atoms with E-state index in [2.05, 4.69) is 10.5 Å². The summed E-state index contributed by atoms with van der Waals surface area (Å²) in [7, 11) is 0. The molecule has 6 nitrogen and oxygen atoms in total. The van der Waals surface area contributed by atoms with E-state index in [1.165, 1.54) is 0 Å². The van der Waals surface area contributed by atoms with Crippen molar-refractivity contribution in [1.82, 2.24) is 5.43 Å². The minimum atomic E-state index is -0.671. The molecule has 2 aromatic rings. The van der Waals surface area contributed by atoms with Crippen LogP contribution in [-0.2, 0) is 0 Å². The number of aromatic hydroxyl groups is 1. The Kier molecular flexibility index (Phi) is 5.18. The van der Waals surface area contributed by atoms with Gasteiger partial charge < -0.3 is 10.8 Å². The fraction of sp³-hybridized carbons (Fsp3) is 0.278. The van der Waals surface area contributed by atoms with Gasteiger partial charge in [-0.25, -0.2) is 5.43 Å². The summed E-state index contributed by atoms with van der Waals surface area (Å²) in [5.74, 6) is -0.680. The molecule has 0 spiro atoms. The second-order valence-electron chi connectivity index (χ2n) is 6.10. The van der Waals surface area contributed by atoms with Crippen molar-refractivity contribution < 1.29 is 14.7 Å². The molecule has 0 aromatic heterocycles. The highest BCUT2D eigenvalue weighted by Crippen LogP contribution is 2.36. The molecule has 126 valence electrons. The Hall–Kier alpha value is -2.89. The molecule has 4 N–H and O–H groups in total. The van der Waals surface area contributed by atoms with Gasteiger partial charge in [0, 0.05) is 16.7 Å². The molecule has 0 saturated heterocycles. The number of carbonyl (C=O) groups is 2. The number of rotatable bonds is 5. The number of fused-ring (bicyclic) bond motifs is 1. The number of nitrogens with two attached hydrogens (primary N) is 1. The predicted molar refractivity (Wildman–Crippen MR) is 95.4 cm³/mol. The van der Waals surface area contributed by atoms with Crippen LogP contribution in [0.15, 0.2) is 29.4 Å². The highest BCUT2D eigenvalue weighted by molar-refractivity contribution is 6.16. The third-order valence-electron chi connectivity index (χ3n) is 3.67. The summed E-state index contributed by atoms with van der Waals surface area (Å²) < 4.78 is 0. The number of amides is 1. The molecule has 0 aliphatic heterocycles. The zero-order chi connectivity index (χ0) is 17.9. The molecule has 0 unspecified atom stereocenters. The molecule has 0 bridgehead atoms. The van der Waals surface area contributed by atoms with Crippen LogP contribution in [-0.4, -0.2) is 23.0 Å². The Bertz CT molecular complexity index is 826. The molecule has 2 rings (SSSR count). The van der Waals surface area contributed by atoms with Gasteiger partial charge in [-0.05, 0) is 24.6 Å². The molecule has 0 radical (unpaired) electrons. The maximum absolute atomic E-state index is 12.4. The topological polar surface area (TPSA) is 105 Å². The molecule has 0 aliphatic rings. The molecule has 24 heavy (non-hydrogen) atoms. The number of hydrazone groups is 1. The van der Waals surface area contributed by atoms with Gasteiger partial charge in [0.1, 0.15) is 0 Å². The molecule has 1 amide bonds. The number of nitrogens with zero attached hydrogens (tertiary/aromatic N) is 1. The summed E-state index contributed by atoms with van der Waals surface area (Å²) in [5, 5.41) is 15.3. The standard InChI is InChI=1S/C18H21N3O3/c1-10(2)8-11(3)20-21-18(24)15-14(9-22)12-6-4-5-7-13(12)16(19)17(15)23/h4-7,9-10,23H,8,19H2,1-3H3,(H,21,24). The summed E-state index contributed by atoms with van der Waals surface area (Å²) in [4.78, 5) is 24.0. The number of phenols is 1. The van der Waals surface area contributed by atoms with Crippen LogP contribution in [0.3, 0.4) is 0 Å². The predicted octanol–water partition coefficient (Wildman–Crippen LogP) is 3.09. The van der Waals surface area contributed by atoms with Crippen molar-refractivity contribution in [3.8, 4) is 5.75 Å². The van der Waals surface area contributed by atoms with Gasteiger partial charge >= 0.3 is 0 Å². The summed E-state index contributed by atoms with van der Waals surface area (Å²) in [6.45, 7) is 5.89. The van der Waals surface area contributed by atoms with Crippen LogP contribution in [0.2, 0.25) is 0 Å².